The van der Waals surface area contributed by atoms with E-state index in [2.05, 4.69) is 17.4 Å². The van der Waals surface area contributed by atoms with Crippen LogP contribution in [0, 0.1) is 11.8 Å². The van der Waals surface area contributed by atoms with E-state index in [1.165, 1.54) is 0 Å². The van der Waals surface area contributed by atoms with Crippen LogP contribution in [-0.4, -0.2) is 43.1 Å². The van der Waals surface area contributed by atoms with Gasteiger partial charge in [0.2, 0.25) is 5.91 Å². The topological polar surface area (TPSA) is 84.7 Å². The Morgan fingerprint density at radius 2 is 2.04 bits per heavy atom. The molecule has 3 N–H and O–H groups in total. The fourth-order valence-corrected chi connectivity index (χ4v) is 3.57. The van der Waals surface area contributed by atoms with E-state index in [0.717, 1.165) is 25.0 Å². The van der Waals surface area contributed by atoms with Gasteiger partial charge < -0.3 is 20.7 Å². The number of likely N-dealkylation sites (tertiary alicyclic amines) is 1. The highest BCUT2D eigenvalue weighted by Gasteiger charge is 2.31. The van der Waals surface area contributed by atoms with Crippen LogP contribution in [0.2, 0.25) is 0 Å². The normalized spacial score (nSPS) is 27.0. The molecule has 1 aromatic rings. The number of ether oxygens (including phenoxy) is 1. The Labute approximate surface area is 142 Å². The Balaban J connectivity index is 1.54. The summed E-state index contributed by atoms with van der Waals surface area (Å²) in [5, 5.41) is 3.01. The molecule has 0 spiro atoms. The lowest BCUT2D eigenvalue weighted by molar-refractivity contribution is -0.121. The number of carbonyl (C=O) groups is 2. The van der Waals surface area contributed by atoms with Crippen LogP contribution in [0.4, 0.5) is 4.79 Å². The Morgan fingerprint density at radius 1 is 1.25 bits per heavy atom. The molecule has 0 radical (unpaired) electrons. The summed E-state index contributed by atoms with van der Waals surface area (Å²) < 4.78 is 5.96. The summed E-state index contributed by atoms with van der Waals surface area (Å²) in [6.07, 6.45) is 2.72. The van der Waals surface area contributed by atoms with E-state index in [4.69, 9.17) is 10.5 Å². The number of urea groups is 1. The van der Waals surface area contributed by atoms with Gasteiger partial charge in [-0.25, -0.2) is 4.79 Å². The van der Waals surface area contributed by atoms with Gasteiger partial charge in [0.05, 0.1) is 12.0 Å². The lowest BCUT2D eigenvalue weighted by atomic mass is 9.89. The maximum atomic E-state index is 12.3. The molecule has 2 saturated heterocycles. The van der Waals surface area contributed by atoms with Crippen molar-refractivity contribution in [2.45, 2.75) is 25.4 Å². The predicted molar refractivity (Wildman–Crippen MR) is 90.1 cm³/mol. The molecular weight excluding hydrogens is 306 g/mol. The third-order valence-corrected chi connectivity index (χ3v) is 4.97. The highest BCUT2D eigenvalue weighted by molar-refractivity contribution is 5.80. The van der Waals surface area contributed by atoms with Crippen molar-refractivity contribution in [3.05, 3.63) is 35.9 Å². The fourth-order valence-electron chi connectivity index (χ4n) is 3.57. The average Bonchev–Trinajstić information content (AvgIpc) is 3.11. The SMILES string of the molecule is NC(=O)C1CCN(C(=O)NCC2CCCOC2c2ccccc2)C1. The van der Waals surface area contributed by atoms with Gasteiger partial charge in [-0.05, 0) is 24.8 Å². The Hall–Kier alpha value is -2.08. The van der Waals surface area contributed by atoms with Gasteiger partial charge in [0.25, 0.3) is 0 Å². The van der Waals surface area contributed by atoms with E-state index in [9.17, 15) is 9.59 Å². The first-order valence-electron chi connectivity index (χ1n) is 8.64. The Morgan fingerprint density at radius 3 is 2.75 bits per heavy atom. The first-order chi connectivity index (χ1) is 11.6. The third kappa shape index (κ3) is 3.87. The molecule has 0 bridgehead atoms. The predicted octanol–water partition coefficient (Wildman–Crippen LogP) is 1.67. The van der Waals surface area contributed by atoms with Crippen molar-refractivity contribution < 1.29 is 14.3 Å². The number of hydrogen-bond acceptors (Lipinski definition) is 3. The van der Waals surface area contributed by atoms with Gasteiger partial charge in [0, 0.05) is 32.2 Å². The highest BCUT2D eigenvalue weighted by Crippen LogP contribution is 2.33. The summed E-state index contributed by atoms with van der Waals surface area (Å²) in [4.78, 5) is 25.2. The molecule has 2 fully saturated rings. The first kappa shape index (κ1) is 16.8. The van der Waals surface area contributed by atoms with Crippen LogP contribution < -0.4 is 11.1 Å². The smallest absolute Gasteiger partial charge is 0.317 e. The van der Waals surface area contributed by atoms with Gasteiger partial charge in [0.1, 0.15) is 0 Å². The van der Waals surface area contributed by atoms with Crippen LogP contribution in [0.25, 0.3) is 0 Å². The largest absolute Gasteiger partial charge is 0.373 e. The maximum absolute atomic E-state index is 12.3. The number of amides is 3. The van der Waals surface area contributed by atoms with Crippen LogP contribution in [-0.2, 0) is 9.53 Å². The van der Waals surface area contributed by atoms with Crippen molar-refractivity contribution in [2.75, 3.05) is 26.2 Å². The lowest BCUT2D eigenvalue weighted by Crippen LogP contribution is -2.43. The molecule has 0 saturated carbocycles. The van der Waals surface area contributed by atoms with Gasteiger partial charge in [-0.3, -0.25) is 4.79 Å². The number of hydrogen-bond donors (Lipinski definition) is 2. The summed E-state index contributed by atoms with van der Waals surface area (Å²) in [6.45, 7) is 2.35. The van der Waals surface area contributed by atoms with E-state index in [1.807, 2.05) is 18.2 Å². The van der Waals surface area contributed by atoms with E-state index >= 15 is 0 Å². The van der Waals surface area contributed by atoms with Crippen LogP contribution in [0.1, 0.15) is 30.9 Å². The second-order valence-corrected chi connectivity index (χ2v) is 6.62. The quantitative estimate of drug-likeness (QED) is 0.880. The molecule has 2 heterocycles. The minimum absolute atomic E-state index is 0.0252. The van der Waals surface area contributed by atoms with E-state index < -0.39 is 0 Å². The third-order valence-electron chi connectivity index (χ3n) is 4.97. The molecule has 6 heteroatoms. The highest BCUT2D eigenvalue weighted by atomic mass is 16.5. The van der Waals surface area contributed by atoms with Crippen molar-refractivity contribution in [1.29, 1.82) is 0 Å². The second-order valence-electron chi connectivity index (χ2n) is 6.62. The van der Waals surface area contributed by atoms with Crippen LogP contribution >= 0.6 is 0 Å². The molecule has 130 valence electrons. The van der Waals surface area contributed by atoms with Crippen molar-refractivity contribution in [1.82, 2.24) is 10.2 Å². The Bertz CT molecular complexity index is 578. The average molecular weight is 331 g/mol. The van der Waals surface area contributed by atoms with Gasteiger partial charge in [-0.15, -0.1) is 0 Å². The zero-order valence-corrected chi connectivity index (χ0v) is 13.8. The molecule has 24 heavy (non-hydrogen) atoms. The van der Waals surface area contributed by atoms with Gasteiger partial charge in [-0.2, -0.15) is 0 Å². The van der Waals surface area contributed by atoms with Gasteiger partial charge in [-0.1, -0.05) is 30.3 Å². The molecule has 3 rings (SSSR count). The van der Waals surface area contributed by atoms with Gasteiger partial charge in [0.15, 0.2) is 0 Å². The molecule has 2 aliphatic rings. The molecule has 3 atom stereocenters. The standard InChI is InChI=1S/C18H25N3O3/c19-17(22)15-8-9-21(12-15)18(23)20-11-14-7-4-10-24-16(14)13-5-2-1-3-6-13/h1-3,5-6,14-16H,4,7-12H2,(H2,19,22)(H,20,23). The first-order valence-corrected chi connectivity index (χ1v) is 8.64. The molecular formula is C18H25N3O3. The molecule has 0 aliphatic carbocycles. The lowest BCUT2D eigenvalue weighted by Gasteiger charge is -2.32. The van der Waals surface area contributed by atoms with Crippen LogP contribution in [0.15, 0.2) is 30.3 Å². The number of carbonyl (C=O) groups excluding carboxylic acids is 2. The molecule has 6 nitrogen and oxygen atoms in total. The number of benzene rings is 1. The second kappa shape index (κ2) is 7.66. The zero-order chi connectivity index (χ0) is 16.9. The minimum Gasteiger partial charge on any atom is -0.373 e. The van der Waals surface area contributed by atoms with Crippen molar-refractivity contribution in [3.8, 4) is 0 Å². The minimum atomic E-state index is -0.324. The summed E-state index contributed by atoms with van der Waals surface area (Å²) in [7, 11) is 0. The summed E-state index contributed by atoms with van der Waals surface area (Å²) >= 11 is 0. The fraction of sp³-hybridized carbons (Fsp3) is 0.556. The van der Waals surface area contributed by atoms with Crippen LogP contribution in [0.3, 0.4) is 0 Å². The van der Waals surface area contributed by atoms with Crippen LogP contribution in [0.5, 0.6) is 0 Å². The monoisotopic (exact) mass is 331 g/mol. The van der Waals surface area contributed by atoms with Crippen molar-refractivity contribution in [3.63, 3.8) is 0 Å². The van der Waals surface area contributed by atoms with Crippen molar-refractivity contribution in [2.24, 2.45) is 17.6 Å². The van der Waals surface area contributed by atoms with E-state index in [-0.39, 0.29) is 29.9 Å². The zero-order valence-electron chi connectivity index (χ0n) is 13.8. The molecule has 0 aromatic heterocycles. The Kier molecular flexibility index (Phi) is 5.35. The maximum Gasteiger partial charge on any atom is 0.317 e. The summed E-state index contributed by atoms with van der Waals surface area (Å²) in [5.41, 5.74) is 6.48. The number of primary amides is 1. The van der Waals surface area contributed by atoms with E-state index in [1.54, 1.807) is 4.90 Å². The molecule has 1 aromatic carbocycles. The van der Waals surface area contributed by atoms with Gasteiger partial charge >= 0.3 is 6.03 Å². The molecule has 2 aliphatic heterocycles. The molecule has 3 unspecified atom stereocenters. The van der Waals surface area contributed by atoms with E-state index in [0.29, 0.717) is 26.1 Å². The number of rotatable bonds is 4. The molecule has 3 amide bonds. The summed E-state index contributed by atoms with van der Waals surface area (Å²) in [6, 6.07) is 10.0. The number of nitrogens with two attached hydrogens (primary N) is 1. The summed E-state index contributed by atoms with van der Waals surface area (Å²) in [5.74, 6) is -0.277. The number of nitrogens with zero attached hydrogens (tertiary/aromatic N) is 1. The van der Waals surface area contributed by atoms with Crippen molar-refractivity contribution >= 4 is 11.9 Å². The number of nitrogens with one attached hydrogen (secondary N) is 1.